The molecule has 0 fully saturated rings. The Morgan fingerprint density at radius 1 is 1.29 bits per heavy atom. The number of hydrogen-bond acceptors (Lipinski definition) is 6. The van der Waals surface area contributed by atoms with Gasteiger partial charge in [0.25, 0.3) is 5.91 Å². The fraction of sp³-hybridized carbons (Fsp3) is 0.238. The summed E-state index contributed by atoms with van der Waals surface area (Å²) in [5, 5.41) is 6.87. The maximum absolute atomic E-state index is 13.4. The standard InChI is InChI=1S/C21H20F2N4O4/c1-12(24)11-29-17-7-6-13(10-15(17)16-8-9-25-27(16)2)26-20(28)14-4-3-5-18-19(14)31-21(22,23)30-18/h3-10,12H,11,24H2,1-2H3,(H,26,28)/t12-/m1/s1. The van der Waals surface area contributed by atoms with Crippen molar-refractivity contribution in [2.75, 3.05) is 11.9 Å². The van der Waals surface area contributed by atoms with Crippen molar-refractivity contribution in [1.29, 1.82) is 0 Å². The molecule has 8 nitrogen and oxygen atoms in total. The van der Waals surface area contributed by atoms with Crippen LogP contribution in [0.3, 0.4) is 0 Å². The van der Waals surface area contributed by atoms with Crippen molar-refractivity contribution in [3.63, 3.8) is 0 Å². The summed E-state index contributed by atoms with van der Waals surface area (Å²) in [5.41, 5.74) is 7.58. The summed E-state index contributed by atoms with van der Waals surface area (Å²) in [4.78, 5) is 12.8. The smallest absolute Gasteiger partial charge is 0.491 e. The number of hydrogen-bond donors (Lipinski definition) is 2. The number of nitrogens with one attached hydrogen (secondary N) is 1. The van der Waals surface area contributed by atoms with Crippen LogP contribution in [0.4, 0.5) is 14.5 Å². The fourth-order valence-electron chi connectivity index (χ4n) is 3.14. The maximum atomic E-state index is 13.4. The predicted molar refractivity (Wildman–Crippen MR) is 108 cm³/mol. The van der Waals surface area contributed by atoms with Crippen LogP contribution in [-0.2, 0) is 7.05 Å². The van der Waals surface area contributed by atoms with Crippen molar-refractivity contribution < 1.29 is 27.8 Å². The van der Waals surface area contributed by atoms with Crippen molar-refractivity contribution in [3.8, 4) is 28.5 Å². The Bertz CT molecular complexity index is 1130. The largest absolute Gasteiger partial charge is 0.586 e. The lowest BCUT2D eigenvalue weighted by atomic mass is 10.1. The van der Waals surface area contributed by atoms with Crippen LogP contribution in [0.15, 0.2) is 48.7 Å². The number of para-hydroxylation sites is 1. The summed E-state index contributed by atoms with van der Waals surface area (Å²) >= 11 is 0. The van der Waals surface area contributed by atoms with E-state index in [1.807, 2.05) is 6.92 Å². The van der Waals surface area contributed by atoms with Crippen LogP contribution < -0.4 is 25.3 Å². The Labute approximate surface area is 176 Å². The van der Waals surface area contributed by atoms with Crippen LogP contribution in [0, 0.1) is 0 Å². The van der Waals surface area contributed by atoms with E-state index < -0.39 is 12.2 Å². The second-order valence-corrected chi connectivity index (χ2v) is 7.09. The molecule has 1 aliphatic rings. The predicted octanol–water partition coefficient (Wildman–Crippen LogP) is 3.39. The van der Waals surface area contributed by atoms with Gasteiger partial charge in [0.05, 0.1) is 11.3 Å². The van der Waals surface area contributed by atoms with E-state index in [0.29, 0.717) is 23.6 Å². The topological polar surface area (TPSA) is 101 Å². The number of nitrogens with two attached hydrogens (primary N) is 1. The third kappa shape index (κ3) is 4.29. The van der Waals surface area contributed by atoms with E-state index in [9.17, 15) is 13.6 Å². The first-order chi connectivity index (χ1) is 14.7. The molecule has 2 aromatic carbocycles. The van der Waals surface area contributed by atoms with Gasteiger partial charge in [0.2, 0.25) is 0 Å². The number of halogens is 2. The van der Waals surface area contributed by atoms with Crippen LogP contribution in [0.1, 0.15) is 17.3 Å². The van der Waals surface area contributed by atoms with Crippen molar-refractivity contribution in [2.24, 2.45) is 12.8 Å². The molecule has 3 aromatic rings. The highest BCUT2D eigenvalue weighted by atomic mass is 19.3. The Hall–Kier alpha value is -3.66. The molecule has 0 unspecified atom stereocenters. The second kappa shape index (κ2) is 7.88. The average Bonchev–Trinajstić information content (AvgIpc) is 3.27. The number of benzene rings is 2. The van der Waals surface area contributed by atoms with Gasteiger partial charge in [-0.1, -0.05) is 6.07 Å². The van der Waals surface area contributed by atoms with Crippen LogP contribution in [0.5, 0.6) is 17.2 Å². The van der Waals surface area contributed by atoms with Gasteiger partial charge in [-0.15, -0.1) is 8.78 Å². The van der Waals surface area contributed by atoms with Gasteiger partial charge < -0.3 is 25.3 Å². The van der Waals surface area contributed by atoms with Crippen LogP contribution >= 0.6 is 0 Å². The second-order valence-electron chi connectivity index (χ2n) is 7.09. The van der Waals surface area contributed by atoms with Gasteiger partial charge in [-0.25, -0.2) is 0 Å². The minimum absolute atomic E-state index is 0.0750. The Morgan fingerprint density at radius 2 is 2.10 bits per heavy atom. The molecule has 1 amide bonds. The van der Waals surface area contributed by atoms with E-state index >= 15 is 0 Å². The van der Waals surface area contributed by atoms with Crippen molar-refractivity contribution in [1.82, 2.24) is 9.78 Å². The number of ether oxygens (including phenoxy) is 3. The van der Waals surface area contributed by atoms with Gasteiger partial charge in [-0.2, -0.15) is 5.10 Å². The van der Waals surface area contributed by atoms with Crippen LogP contribution in [-0.4, -0.2) is 34.6 Å². The molecule has 0 bridgehead atoms. The van der Waals surface area contributed by atoms with Gasteiger partial charge in [-0.05, 0) is 43.3 Å². The van der Waals surface area contributed by atoms with E-state index in [1.165, 1.54) is 18.2 Å². The van der Waals surface area contributed by atoms with Crippen molar-refractivity contribution in [2.45, 2.75) is 19.3 Å². The van der Waals surface area contributed by atoms with Gasteiger partial charge in [0, 0.05) is 30.5 Å². The summed E-state index contributed by atoms with van der Waals surface area (Å²) in [7, 11) is 1.78. The average molecular weight is 430 g/mol. The number of fused-ring (bicyclic) bond motifs is 1. The van der Waals surface area contributed by atoms with E-state index in [0.717, 1.165) is 5.69 Å². The van der Waals surface area contributed by atoms with Gasteiger partial charge in [0.15, 0.2) is 11.5 Å². The molecular weight excluding hydrogens is 410 g/mol. The monoisotopic (exact) mass is 430 g/mol. The zero-order valence-electron chi connectivity index (χ0n) is 16.8. The maximum Gasteiger partial charge on any atom is 0.586 e. The van der Waals surface area contributed by atoms with Crippen LogP contribution in [0.2, 0.25) is 0 Å². The Balaban J connectivity index is 1.64. The molecule has 0 spiro atoms. The summed E-state index contributed by atoms with van der Waals surface area (Å²) in [6, 6.07) is 10.8. The minimum Gasteiger partial charge on any atom is -0.491 e. The minimum atomic E-state index is -3.81. The number of aryl methyl sites for hydroxylation is 1. The van der Waals surface area contributed by atoms with E-state index in [-0.39, 0.29) is 23.1 Å². The molecule has 0 saturated heterocycles. The molecule has 162 valence electrons. The molecule has 2 heterocycles. The third-order valence-electron chi connectivity index (χ3n) is 4.51. The molecule has 1 aliphatic heterocycles. The van der Waals surface area contributed by atoms with Crippen LogP contribution in [0.25, 0.3) is 11.3 Å². The first-order valence-corrected chi connectivity index (χ1v) is 9.44. The highest BCUT2D eigenvalue weighted by Gasteiger charge is 2.45. The van der Waals surface area contributed by atoms with Gasteiger partial charge in [0.1, 0.15) is 12.4 Å². The summed E-state index contributed by atoms with van der Waals surface area (Å²) in [6.45, 7) is 2.13. The summed E-state index contributed by atoms with van der Waals surface area (Å²) < 4.78 is 43.2. The number of nitrogens with zero attached hydrogens (tertiary/aromatic N) is 2. The lowest BCUT2D eigenvalue weighted by Crippen LogP contribution is -2.26. The molecule has 31 heavy (non-hydrogen) atoms. The Morgan fingerprint density at radius 3 is 2.81 bits per heavy atom. The van der Waals surface area contributed by atoms with Crippen molar-refractivity contribution >= 4 is 11.6 Å². The number of carbonyl (C=O) groups excluding carboxylic acids is 1. The number of alkyl halides is 2. The molecule has 0 radical (unpaired) electrons. The zero-order chi connectivity index (χ0) is 22.2. The zero-order valence-corrected chi connectivity index (χ0v) is 16.8. The molecule has 3 N–H and O–H groups in total. The first kappa shape index (κ1) is 20.6. The molecule has 0 aliphatic carbocycles. The van der Waals surface area contributed by atoms with Gasteiger partial charge in [-0.3, -0.25) is 9.48 Å². The molecule has 1 aromatic heterocycles. The molecule has 0 saturated carbocycles. The summed E-state index contributed by atoms with van der Waals surface area (Å²) in [5.74, 6) is -0.573. The highest BCUT2D eigenvalue weighted by molar-refractivity contribution is 6.07. The van der Waals surface area contributed by atoms with Crippen molar-refractivity contribution in [3.05, 3.63) is 54.2 Å². The SMILES string of the molecule is C[C@@H](N)COc1ccc(NC(=O)c2cccc3c2OC(F)(F)O3)cc1-c1ccnn1C. The quantitative estimate of drug-likeness (QED) is 0.622. The molecule has 10 heteroatoms. The lowest BCUT2D eigenvalue weighted by molar-refractivity contribution is -0.286. The highest BCUT2D eigenvalue weighted by Crippen LogP contribution is 2.43. The number of aromatic nitrogens is 2. The van der Waals surface area contributed by atoms with E-state index in [4.69, 9.17) is 10.5 Å². The number of amides is 1. The first-order valence-electron chi connectivity index (χ1n) is 9.44. The Kier molecular flexibility index (Phi) is 5.24. The van der Waals surface area contributed by atoms with E-state index in [2.05, 4.69) is 19.9 Å². The molecule has 4 rings (SSSR count). The lowest BCUT2D eigenvalue weighted by Gasteiger charge is -2.15. The fourth-order valence-corrected chi connectivity index (χ4v) is 3.14. The summed E-state index contributed by atoms with van der Waals surface area (Å²) in [6.07, 6.45) is -2.18. The molecular formula is C21H20F2N4O4. The molecule has 1 atom stereocenters. The third-order valence-corrected chi connectivity index (χ3v) is 4.51. The number of carbonyl (C=O) groups is 1. The number of anilines is 1. The van der Waals surface area contributed by atoms with Gasteiger partial charge >= 0.3 is 6.29 Å². The van der Waals surface area contributed by atoms with E-state index in [1.54, 1.807) is 42.2 Å². The normalized spacial score (nSPS) is 14.9. The number of rotatable bonds is 6.